The molecule has 1 aliphatic rings. The van der Waals surface area contributed by atoms with Gasteiger partial charge in [0.15, 0.2) is 0 Å². The molecule has 3 heteroatoms. The molecule has 1 atom stereocenters. The average Bonchev–Trinajstić information content (AvgIpc) is 2.38. The highest BCUT2D eigenvalue weighted by molar-refractivity contribution is 5.30. The Balaban J connectivity index is 2.28. The molecule has 0 saturated heterocycles. The molecule has 0 radical (unpaired) electrons. The van der Waals surface area contributed by atoms with Crippen molar-refractivity contribution >= 4 is 0 Å². The summed E-state index contributed by atoms with van der Waals surface area (Å²) in [6.07, 6.45) is 8.19. The summed E-state index contributed by atoms with van der Waals surface area (Å²) in [7, 11) is 0. The van der Waals surface area contributed by atoms with Crippen molar-refractivity contribution in [2.75, 3.05) is 13.2 Å². The average molecular weight is 232 g/mol. The second-order valence-corrected chi connectivity index (χ2v) is 4.32. The number of aromatic nitrogens is 1. The van der Waals surface area contributed by atoms with E-state index in [1.807, 2.05) is 18.5 Å². The molecule has 1 N–H and O–H groups in total. The van der Waals surface area contributed by atoms with E-state index >= 15 is 0 Å². The highest BCUT2D eigenvalue weighted by Crippen LogP contribution is 2.27. The van der Waals surface area contributed by atoms with E-state index in [1.165, 1.54) is 11.1 Å². The largest absolute Gasteiger partial charge is 0.496 e. The van der Waals surface area contributed by atoms with Crippen molar-refractivity contribution in [1.82, 2.24) is 10.3 Å². The monoisotopic (exact) mass is 232 g/mol. The van der Waals surface area contributed by atoms with Crippen LogP contribution >= 0.6 is 0 Å². The molecule has 92 valence electrons. The second kappa shape index (κ2) is 5.82. The molecule has 1 aromatic rings. The number of nitrogens with zero attached hydrogens (tertiary/aromatic N) is 1. The lowest BCUT2D eigenvalue weighted by molar-refractivity contribution is 0.168. The van der Waals surface area contributed by atoms with Gasteiger partial charge in [0.2, 0.25) is 0 Å². The van der Waals surface area contributed by atoms with Gasteiger partial charge in [-0.2, -0.15) is 0 Å². The van der Waals surface area contributed by atoms with Gasteiger partial charge in [-0.3, -0.25) is 4.98 Å². The first-order valence-electron chi connectivity index (χ1n) is 6.29. The molecule has 0 bridgehead atoms. The fourth-order valence-corrected chi connectivity index (χ4v) is 2.12. The van der Waals surface area contributed by atoms with Crippen LogP contribution in [0.5, 0.6) is 0 Å². The number of pyridine rings is 1. The molecule has 0 saturated carbocycles. The fraction of sp³-hybridized carbons (Fsp3) is 0.500. The minimum atomic E-state index is 0.147. The van der Waals surface area contributed by atoms with Crippen LogP contribution in [0.15, 0.2) is 30.3 Å². The molecule has 17 heavy (non-hydrogen) atoms. The molecule has 0 amide bonds. The Morgan fingerprint density at radius 2 is 2.41 bits per heavy atom. The molecule has 0 spiro atoms. The normalized spacial score (nSPS) is 17.2. The van der Waals surface area contributed by atoms with Crippen molar-refractivity contribution in [3.05, 3.63) is 41.4 Å². The van der Waals surface area contributed by atoms with E-state index in [0.717, 1.165) is 31.8 Å². The quantitative estimate of drug-likeness (QED) is 0.866. The van der Waals surface area contributed by atoms with Crippen LogP contribution in [0.1, 0.15) is 36.9 Å². The van der Waals surface area contributed by atoms with E-state index in [1.54, 1.807) is 0 Å². The first-order chi connectivity index (χ1) is 8.33. The molecule has 2 heterocycles. The Bertz CT molecular complexity index is 401. The summed E-state index contributed by atoms with van der Waals surface area (Å²) in [5.41, 5.74) is 2.46. The minimum Gasteiger partial charge on any atom is -0.496 e. The van der Waals surface area contributed by atoms with Crippen LogP contribution in [0, 0.1) is 6.92 Å². The second-order valence-electron chi connectivity index (χ2n) is 4.32. The Morgan fingerprint density at radius 3 is 3.06 bits per heavy atom. The SMILES string of the molecule is CCNC(C1=CCCCO1)c1cnccc1C. The smallest absolute Gasteiger partial charge is 0.113 e. The van der Waals surface area contributed by atoms with Crippen LogP contribution in [0.25, 0.3) is 0 Å². The van der Waals surface area contributed by atoms with Gasteiger partial charge in [0, 0.05) is 12.4 Å². The maximum atomic E-state index is 5.77. The van der Waals surface area contributed by atoms with Gasteiger partial charge in [-0.15, -0.1) is 0 Å². The number of nitrogens with one attached hydrogen (secondary N) is 1. The third kappa shape index (κ3) is 2.86. The molecule has 1 unspecified atom stereocenters. The van der Waals surface area contributed by atoms with E-state index < -0.39 is 0 Å². The summed E-state index contributed by atoms with van der Waals surface area (Å²) in [4.78, 5) is 4.22. The molecule has 3 nitrogen and oxygen atoms in total. The van der Waals surface area contributed by atoms with E-state index in [0.29, 0.717) is 0 Å². The summed E-state index contributed by atoms with van der Waals surface area (Å²) in [5.74, 6) is 1.05. The first-order valence-corrected chi connectivity index (χ1v) is 6.29. The van der Waals surface area contributed by atoms with Crippen LogP contribution in [0.3, 0.4) is 0 Å². The maximum absolute atomic E-state index is 5.77. The third-order valence-corrected chi connectivity index (χ3v) is 3.05. The fourth-order valence-electron chi connectivity index (χ4n) is 2.12. The summed E-state index contributed by atoms with van der Waals surface area (Å²) < 4.78 is 5.77. The van der Waals surface area contributed by atoms with E-state index in [-0.39, 0.29) is 6.04 Å². The van der Waals surface area contributed by atoms with E-state index in [4.69, 9.17) is 4.74 Å². The summed E-state index contributed by atoms with van der Waals surface area (Å²) in [5, 5.41) is 3.48. The van der Waals surface area contributed by atoms with Crippen LogP contribution in [-0.4, -0.2) is 18.1 Å². The Labute approximate surface area is 103 Å². The predicted octanol–water partition coefficient (Wildman–Crippen LogP) is 2.73. The Kier molecular flexibility index (Phi) is 4.15. The van der Waals surface area contributed by atoms with E-state index in [9.17, 15) is 0 Å². The standard InChI is InChI=1S/C14H20N2O/c1-3-16-14(13-6-4-5-9-17-13)12-10-15-8-7-11(12)2/h6-8,10,14,16H,3-5,9H2,1-2H3. The van der Waals surface area contributed by atoms with Crippen molar-refractivity contribution in [3.8, 4) is 0 Å². The Morgan fingerprint density at radius 1 is 1.53 bits per heavy atom. The molecule has 0 aliphatic carbocycles. The number of likely N-dealkylation sites (N-methyl/N-ethyl adjacent to an activating group) is 1. The molecule has 0 aromatic carbocycles. The van der Waals surface area contributed by atoms with Gasteiger partial charge in [-0.1, -0.05) is 6.92 Å². The first kappa shape index (κ1) is 12.1. The molecule has 0 fully saturated rings. The molecular weight excluding hydrogens is 212 g/mol. The van der Waals surface area contributed by atoms with Crippen molar-refractivity contribution in [2.45, 2.75) is 32.7 Å². The zero-order valence-corrected chi connectivity index (χ0v) is 10.6. The minimum absolute atomic E-state index is 0.147. The number of hydrogen-bond donors (Lipinski definition) is 1. The van der Waals surface area contributed by atoms with Crippen LogP contribution < -0.4 is 5.32 Å². The lowest BCUT2D eigenvalue weighted by Crippen LogP contribution is -2.26. The zero-order valence-electron chi connectivity index (χ0n) is 10.6. The van der Waals surface area contributed by atoms with Gasteiger partial charge in [0.05, 0.1) is 12.6 Å². The predicted molar refractivity (Wildman–Crippen MR) is 68.7 cm³/mol. The lowest BCUT2D eigenvalue weighted by atomic mass is 10.0. The van der Waals surface area contributed by atoms with Gasteiger partial charge in [0.25, 0.3) is 0 Å². The lowest BCUT2D eigenvalue weighted by Gasteiger charge is -2.25. The topological polar surface area (TPSA) is 34.1 Å². The van der Waals surface area contributed by atoms with Crippen LogP contribution in [0.4, 0.5) is 0 Å². The van der Waals surface area contributed by atoms with Crippen molar-refractivity contribution < 1.29 is 4.74 Å². The van der Waals surface area contributed by atoms with Gasteiger partial charge in [-0.05, 0) is 49.6 Å². The number of hydrogen-bond acceptors (Lipinski definition) is 3. The maximum Gasteiger partial charge on any atom is 0.113 e. The summed E-state index contributed by atoms with van der Waals surface area (Å²) in [6, 6.07) is 2.19. The van der Waals surface area contributed by atoms with Crippen molar-refractivity contribution in [3.63, 3.8) is 0 Å². The number of allylic oxidation sites excluding steroid dienone is 1. The number of rotatable bonds is 4. The van der Waals surface area contributed by atoms with Crippen molar-refractivity contribution in [1.29, 1.82) is 0 Å². The van der Waals surface area contributed by atoms with Crippen molar-refractivity contribution in [2.24, 2.45) is 0 Å². The number of aryl methyl sites for hydroxylation is 1. The Hall–Kier alpha value is -1.35. The summed E-state index contributed by atoms with van der Waals surface area (Å²) >= 11 is 0. The van der Waals surface area contributed by atoms with Gasteiger partial charge in [-0.25, -0.2) is 0 Å². The van der Waals surface area contributed by atoms with Crippen LogP contribution in [-0.2, 0) is 4.74 Å². The summed E-state index contributed by atoms with van der Waals surface area (Å²) in [6.45, 7) is 5.97. The van der Waals surface area contributed by atoms with Gasteiger partial charge in [0.1, 0.15) is 5.76 Å². The molecule has 1 aliphatic heterocycles. The van der Waals surface area contributed by atoms with Gasteiger partial charge < -0.3 is 10.1 Å². The van der Waals surface area contributed by atoms with Crippen LogP contribution in [0.2, 0.25) is 0 Å². The molecular formula is C14H20N2O. The highest BCUT2D eigenvalue weighted by atomic mass is 16.5. The number of ether oxygens (including phenoxy) is 1. The van der Waals surface area contributed by atoms with E-state index in [2.05, 4.69) is 30.2 Å². The molecule has 1 aromatic heterocycles. The highest BCUT2D eigenvalue weighted by Gasteiger charge is 2.20. The molecule has 2 rings (SSSR count). The van der Waals surface area contributed by atoms with Gasteiger partial charge >= 0.3 is 0 Å². The zero-order chi connectivity index (χ0) is 12.1. The third-order valence-electron chi connectivity index (χ3n) is 3.05.